The van der Waals surface area contributed by atoms with Gasteiger partial charge in [0.2, 0.25) is 0 Å². The number of hydrogen-bond acceptors (Lipinski definition) is 15. The lowest BCUT2D eigenvalue weighted by atomic mass is 10.0. The van der Waals surface area contributed by atoms with Gasteiger partial charge >= 0.3 is 39.5 Å². The summed E-state index contributed by atoms with van der Waals surface area (Å²) >= 11 is 0. The zero-order valence-electron chi connectivity index (χ0n) is 68.0. The Labute approximate surface area is 632 Å². The van der Waals surface area contributed by atoms with Crippen LogP contribution < -0.4 is 0 Å². The molecule has 17 nitrogen and oxygen atoms in total. The molecule has 0 rings (SSSR count). The van der Waals surface area contributed by atoms with E-state index in [0.29, 0.717) is 31.6 Å². The molecule has 0 aromatic carbocycles. The van der Waals surface area contributed by atoms with Crippen molar-refractivity contribution in [3.63, 3.8) is 0 Å². The van der Waals surface area contributed by atoms with E-state index in [2.05, 4.69) is 55.4 Å². The summed E-state index contributed by atoms with van der Waals surface area (Å²) in [5.41, 5.74) is 0. The summed E-state index contributed by atoms with van der Waals surface area (Å²) in [5.74, 6) is 0.974. The fourth-order valence-electron chi connectivity index (χ4n) is 13.0. The lowest BCUT2D eigenvalue weighted by Gasteiger charge is -2.21. The molecule has 612 valence electrons. The summed E-state index contributed by atoms with van der Waals surface area (Å²) in [5, 5.41) is 10.7. The van der Waals surface area contributed by atoms with Gasteiger partial charge in [-0.05, 0) is 49.4 Å². The van der Waals surface area contributed by atoms with Crippen molar-refractivity contribution in [2.45, 2.75) is 453 Å². The standard InChI is InChI=1S/C84H164O17P2/c1-74(2)60-52-44-36-30-24-18-13-11-9-10-12-14-21-28-34-40-50-58-66-83(88)100-79(70-94-81(86)64-56-48-39-33-27-23-17-20-26-32-38-46-54-62-76(5)6)72-98-102(90,91)96-68-78(85)69-97-103(92,93)99-73-80(71-95-82(87)65-57-49-43-42-47-55-63-77(7)8)101-84(89)67-59-51-41-35-29-22-16-15-19-25-31-37-45-53-61-75(3)4/h74-80,85H,9-73H2,1-8H3,(H,90,91)(H,92,93)/t78?,79-,80-/m1/s1. The van der Waals surface area contributed by atoms with E-state index in [1.165, 1.54) is 231 Å². The highest BCUT2D eigenvalue weighted by Gasteiger charge is 2.30. The molecule has 0 aromatic heterocycles. The van der Waals surface area contributed by atoms with E-state index in [4.69, 9.17) is 37.0 Å². The second-order valence-electron chi connectivity index (χ2n) is 32.1. The van der Waals surface area contributed by atoms with Gasteiger partial charge in [0.25, 0.3) is 0 Å². The zero-order chi connectivity index (χ0) is 76.0. The van der Waals surface area contributed by atoms with Crippen LogP contribution in [0.3, 0.4) is 0 Å². The van der Waals surface area contributed by atoms with Crippen molar-refractivity contribution in [1.29, 1.82) is 0 Å². The van der Waals surface area contributed by atoms with Gasteiger partial charge in [-0.2, -0.15) is 0 Å². The van der Waals surface area contributed by atoms with Gasteiger partial charge in [-0.1, -0.05) is 383 Å². The highest BCUT2D eigenvalue weighted by atomic mass is 31.2. The number of esters is 4. The molecular weight excluding hydrogens is 1340 g/mol. The molecule has 3 N–H and O–H groups in total. The van der Waals surface area contributed by atoms with E-state index in [-0.39, 0.29) is 25.7 Å². The van der Waals surface area contributed by atoms with E-state index in [1.807, 2.05) is 0 Å². The van der Waals surface area contributed by atoms with Gasteiger partial charge in [-0.15, -0.1) is 0 Å². The molecule has 0 aromatic rings. The summed E-state index contributed by atoms with van der Waals surface area (Å²) in [7, 11) is -9.93. The van der Waals surface area contributed by atoms with E-state index >= 15 is 0 Å². The molecule has 0 bridgehead atoms. The fourth-order valence-corrected chi connectivity index (χ4v) is 14.5. The molecule has 0 fully saturated rings. The Balaban J connectivity index is 5.21. The molecule has 0 saturated heterocycles. The molecule has 0 radical (unpaired) electrons. The average molecular weight is 1510 g/mol. The first kappa shape index (κ1) is 101. The Morgan fingerprint density at radius 1 is 0.243 bits per heavy atom. The molecule has 103 heavy (non-hydrogen) atoms. The highest BCUT2D eigenvalue weighted by Crippen LogP contribution is 2.45. The molecule has 3 unspecified atom stereocenters. The van der Waals surface area contributed by atoms with Crippen LogP contribution in [0.2, 0.25) is 0 Å². The minimum absolute atomic E-state index is 0.106. The van der Waals surface area contributed by atoms with Crippen LogP contribution in [-0.4, -0.2) is 96.7 Å². The summed E-state index contributed by atoms with van der Waals surface area (Å²) in [4.78, 5) is 73.1. The van der Waals surface area contributed by atoms with Gasteiger partial charge in [-0.25, -0.2) is 9.13 Å². The maximum Gasteiger partial charge on any atom is 0.472 e. The summed E-state index contributed by atoms with van der Waals surface area (Å²) in [6.07, 6.45) is 61.3. The first-order valence-electron chi connectivity index (χ1n) is 43.2. The van der Waals surface area contributed by atoms with Crippen LogP contribution in [-0.2, 0) is 65.4 Å². The summed E-state index contributed by atoms with van der Waals surface area (Å²) in [6, 6.07) is 0. The van der Waals surface area contributed by atoms with Crippen molar-refractivity contribution in [2.75, 3.05) is 39.6 Å². The molecule has 0 saturated carbocycles. The van der Waals surface area contributed by atoms with Crippen LogP contribution in [0, 0.1) is 23.7 Å². The van der Waals surface area contributed by atoms with Crippen LogP contribution in [0.15, 0.2) is 0 Å². The Bertz CT molecular complexity index is 2010. The highest BCUT2D eigenvalue weighted by molar-refractivity contribution is 7.47. The number of rotatable bonds is 81. The number of unbranched alkanes of at least 4 members (excludes halogenated alkanes) is 47. The number of ether oxygens (including phenoxy) is 4. The van der Waals surface area contributed by atoms with E-state index in [0.717, 1.165) is 114 Å². The van der Waals surface area contributed by atoms with Crippen molar-refractivity contribution in [2.24, 2.45) is 23.7 Å². The topological polar surface area (TPSA) is 237 Å². The minimum Gasteiger partial charge on any atom is -0.462 e. The third-order valence-electron chi connectivity index (χ3n) is 19.6. The van der Waals surface area contributed by atoms with E-state index in [9.17, 15) is 43.2 Å². The Kier molecular flexibility index (Phi) is 71.5. The van der Waals surface area contributed by atoms with Gasteiger partial charge in [-0.3, -0.25) is 37.3 Å². The maximum absolute atomic E-state index is 13.1. The van der Waals surface area contributed by atoms with Crippen molar-refractivity contribution < 1.29 is 80.2 Å². The lowest BCUT2D eigenvalue weighted by molar-refractivity contribution is -0.161. The predicted octanol–water partition coefficient (Wildman–Crippen LogP) is 25.2. The number of hydrogen-bond donors (Lipinski definition) is 3. The molecule has 0 heterocycles. The molecular formula is C84H164O17P2. The zero-order valence-corrected chi connectivity index (χ0v) is 69.7. The minimum atomic E-state index is -4.96. The van der Waals surface area contributed by atoms with Gasteiger partial charge in [0.1, 0.15) is 19.3 Å². The fraction of sp³-hybridized carbons (Fsp3) is 0.952. The van der Waals surface area contributed by atoms with Gasteiger partial charge < -0.3 is 33.8 Å². The van der Waals surface area contributed by atoms with Crippen LogP contribution in [0.5, 0.6) is 0 Å². The largest absolute Gasteiger partial charge is 0.472 e. The molecule has 0 aliphatic heterocycles. The number of phosphoric ester groups is 2. The monoisotopic (exact) mass is 1510 g/mol. The quantitative estimate of drug-likeness (QED) is 0.0222. The van der Waals surface area contributed by atoms with Crippen molar-refractivity contribution in [3.05, 3.63) is 0 Å². The molecule has 5 atom stereocenters. The smallest absolute Gasteiger partial charge is 0.462 e. The SMILES string of the molecule is CC(C)CCCCCCCCCCCCCCCCCCCCC(=O)O[C@H](COC(=O)CCCCCCCCCCCCCCCC(C)C)COP(=O)(O)OCC(O)COP(=O)(O)OC[C@@H](COC(=O)CCCCCCCCC(C)C)OC(=O)CCCCCCCCCCCCCCCCC(C)C. The maximum atomic E-state index is 13.1. The van der Waals surface area contributed by atoms with E-state index in [1.54, 1.807) is 0 Å². The second kappa shape index (κ2) is 72.9. The summed E-state index contributed by atoms with van der Waals surface area (Å²) in [6.45, 7) is 14.3. The van der Waals surface area contributed by atoms with Crippen LogP contribution in [0.1, 0.15) is 434 Å². The number of aliphatic hydroxyl groups excluding tert-OH is 1. The molecule has 0 aliphatic rings. The molecule has 0 amide bonds. The number of aliphatic hydroxyl groups is 1. The number of phosphoric acid groups is 2. The average Bonchev–Trinajstić information content (AvgIpc) is 0.921. The van der Waals surface area contributed by atoms with Crippen molar-refractivity contribution in [3.8, 4) is 0 Å². The van der Waals surface area contributed by atoms with Gasteiger partial charge in [0.15, 0.2) is 12.2 Å². The lowest BCUT2D eigenvalue weighted by Crippen LogP contribution is -2.30. The predicted molar refractivity (Wildman–Crippen MR) is 423 cm³/mol. The molecule has 0 spiro atoms. The first-order valence-corrected chi connectivity index (χ1v) is 46.2. The first-order chi connectivity index (χ1) is 49.6. The molecule has 0 aliphatic carbocycles. The number of carbonyl (C=O) groups is 4. The summed E-state index contributed by atoms with van der Waals surface area (Å²) < 4.78 is 68.8. The third-order valence-corrected chi connectivity index (χ3v) is 21.5. The van der Waals surface area contributed by atoms with Crippen LogP contribution in [0.25, 0.3) is 0 Å². The van der Waals surface area contributed by atoms with Gasteiger partial charge in [0.05, 0.1) is 26.4 Å². The Morgan fingerprint density at radius 2 is 0.408 bits per heavy atom. The van der Waals surface area contributed by atoms with Crippen molar-refractivity contribution in [1.82, 2.24) is 0 Å². The Hall–Kier alpha value is -1.94. The van der Waals surface area contributed by atoms with Crippen LogP contribution in [0.4, 0.5) is 0 Å². The van der Waals surface area contributed by atoms with Crippen molar-refractivity contribution >= 4 is 39.5 Å². The third kappa shape index (κ3) is 78.0. The van der Waals surface area contributed by atoms with Gasteiger partial charge in [0, 0.05) is 25.7 Å². The van der Waals surface area contributed by atoms with Crippen LogP contribution >= 0.6 is 15.6 Å². The second-order valence-corrected chi connectivity index (χ2v) is 35.0. The normalized spacial score (nSPS) is 14.0. The number of carbonyl (C=O) groups excluding carboxylic acids is 4. The van der Waals surface area contributed by atoms with E-state index < -0.39 is 97.5 Å². The molecule has 19 heteroatoms. The Morgan fingerprint density at radius 3 is 0.602 bits per heavy atom.